The van der Waals surface area contributed by atoms with Gasteiger partial charge in [0.05, 0.1) is 18.3 Å². The van der Waals surface area contributed by atoms with E-state index in [0.717, 1.165) is 29.0 Å². The molecule has 0 bridgehead atoms. The standard InChI is InChI=1S/C15H18ClN3/c16-13-7-6-12-11-18-19(15(12)10-13)9-3-5-14-4-1-2-8-17-14/h3,5-7,10-11,14,17H,1-2,4,8-9H2/b5-3+. The summed E-state index contributed by atoms with van der Waals surface area (Å²) in [5.74, 6) is 0. The van der Waals surface area contributed by atoms with Crippen molar-refractivity contribution in [2.24, 2.45) is 0 Å². The van der Waals surface area contributed by atoms with Crippen molar-refractivity contribution in [3.05, 3.63) is 41.6 Å². The molecule has 1 fully saturated rings. The van der Waals surface area contributed by atoms with Gasteiger partial charge in [0, 0.05) is 16.5 Å². The second-order valence-corrected chi connectivity index (χ2v) is 5.45. The Hall–Kier alpha value is -1.32. The Bertz CT molecular complexity index is 582. The Kier molecular flexibility index (Phi) is 3.85. The Morgan fingerprint density at radius 3 is 3.21 bits per heavy atom. The molecule has 3 rings (SSSR count). The average Bonchev–Trinajstić information content (AvgIpc) is 2.83. The van der Waals surface area contributed by atoms with E-state index in [2.05, 4.69) is 22.6 Å². The molecule has 2 heterocycles. The van der Waals surface area contributed by atoms with Crippen molar-refractivity contribution in [3.8, 4) is 0 Å². The second kappa shape index (κ2) is 5.76. The highest BCUT2D eigenvalue weighted by Crippen LogP contribution is 2.19. The molecule has 1 saturated heterocycles. The number of allylic oxidation sites excluding steroid dienone is 1. The van der Waals surface area contributed by atoms with Gasteiger partial charge in [0.1, 0.15) is 0 Å². The first kappa shape index (κ1) is 12.7. The predicted octanol–water partition coefficient (Wildman–Crippen LogP) is 3.39. The largest absolute Gasteiger partial charge is 0.311 e. The topological polar surface area (TPSA) is 29.9 Å². The summed E-state index contributed by atoms with van der Waals surface area (Å²) >= 11 is 6.03. The van der Waals surface area contributed by atoms with Crippen molar-refractivity contribution in [3.63, 3.8) is 0 Å². The van der Waals surface area contributed by atoms with Crippen LogP contribution in [0.25, 0.3) is 10.9 Å². The molecule has 1 atom stereocenters. The van der Waals surface area contributed by atoms with Crippen LogP contribution in [-0.4, -0.2) is 22.4 Å². The summed E-state index contributed by atoms with van der Waals surface area (Å²) in [5, 5.41) is 9.80. The third-order valence-electron chi connectivity index (χ3n) is 3.60. The van der Waals surface area contributed by atoms with Gasteiger partial charge in [-0.05, 0) is 37.6 Å². The molecule has 0 saturated carbocycles. The summed E-state index contributed by atoms with van der Waals surface area (Å²) in [6.45, 7) is 1.93. The monoisotopic (exact) mass is 275 g/mol. The zero-order chi connectivity index (χ0) is 13.1. The highest BCUT2D eigenvalue weighted by molar-refractivity contribution is 6.31. The summed E-state index contributed by atoms with van der Waals surface area (Å²) in [6, 6.07) is 6.40. The van der Waals surface area contributed by atoms with E-state index in [1.54, 1.807) is 0 Å². The first-order valence-corrected chi connectivity index (χ1v) is 7.22. The van der Waals surface area contributed by atoms with E-state index in [0.29, 0.717) is 6.04 Å². The lowest BCUT2D eigenvalue weighted by molar-refractivity contribution is 0.453. The van der Waals surface area contributed by atoms with E-state index in [4.69, 9.17) is 11.6 Å². The SMILES string of the molecule is Clc1ccc2cnn(C/C=C/C3CCCCN3)c2c1. The minimum atomic E-state index is 0.527. The van der Waals surface area contributed by atoms with Crippen molar-refractivity contribution in [2.75, 3.05) is 6.54 Å². The maximum atomic E-state index is 6.03. The number of hydrogen-bond acceptors (Lipinski definition) is 2. The third kappa shape index (κ3) is 2.99. The molecule has 19 heavy (non-hydrogen) atoms. The van der Waals surface area contributed by atoms with Crippen molar-refractivity contribution in [1.82, 2.24) is 15.1 Å². The van der Waals surface area contributed by atoms with E-state index < -0.39 is 0 Å². The van der Waals surface area contributed by atoms with Crippen LogP contribution in [0, 0.1) is 0 Å². The number of nitrogens with zero attached hydrogens (tertiary/aromatic N) is 2. The summed E-state index contributed by atoms with van der Waals surface area (Å²) in [4.78, 5) is 0. The Labute approximate surface area is 118 Å². The Morgan fingerprint density at radius 2 is 2.37 bits per heavy atom. The molecule has 1 unspecified atom stereocenters. The minimum absolute atomic E-state index is 0.527. The number of halogens is 1. The van der Waals surface area contributed by atoms with Gasteiger partial charge in [-0.3, -0.25) is 4.68 Å². The Balaban J connectivity index is 1.71. The van der Waals surface area contributed by atoms with Crippen LogP contribution in [0.3, 0.4) is 0 Å². The van der Waals surface area contributed by atoms with Gasteiger partial charge in [0.25, 0.3) is 0 Å². The van der Waals surface area contributed by atoms with Gasteiger partial charge in [-0.25, -0.2) is 0 Å². The average molecular weight is 276 g/mol. The maximum absolute atomic E-state index is 6.03. The van der Waals surface area contributed by atoms with Crippen LogP contribution < -0.4 is 5.32 Å². The van der Waals surface area contributed by atoms with Crippen LogP contribution in [0.15, 0.2) is 36.5 Å². The predicted molar refractivity (Wildman–Crippen MR) is 79.5 cm³/mol. The van der Waals surface area contributed by atoms with Crippen LogP contribution in [0.4, 0.5) is 0 Å². The zero-order valence-electron chi connectivity index (χ0n) is 10.8. The fourth-order valence-corrected chi connectivity index (χ4v) is 2.72. The fourth-order valence-electron chi connectivity index (χ4n) is 2.56. The summed E-state index contributed by atoms with van der Waals surface area (Å²) in [6.07, 6.45) is 10.2. The molecular weight excluding hydrogens is 258 g/mol. The number of benzene rings is 1. The molecule has 0 radical (unpaired) electrons. The van der Waals surface area contributed by atoms with E-state index in [9.17, 15) is 0 Å². The number of fused-ring (bicyclic) bond motifs is 1. The van der Waals surface area contributed by atoms with E-state index in [1.165, 1.54) is 19.3 Å². The third-order valence-corrected chi connectivity index (χ3v) is 3.84. The smallest absolute Gasteiger partial charge is 0.0700 e. The molecule has 3 nitrogen and oxygen atoms in total. The van der Waals surface area contributed by atoms with Crippen molar-refractivity contribution < 1.29 is 0 Å². The molecule has 0 amide bonds. The first-order chi connectivity index (χ1) is 9.33. The summed E-state index contributed by atoms with van der Waals surface area (Å²) in [7, 11) is 0. The quantitative estimate of drug-likeness (QED) is 0.870. The molecule has 1 aromatic carbocycles. The van der Waals surface area contributed by atoms with Gasteiger partial charge in [-0.2, -0.15) is 5.10 Å². The highest BCUT2D eigenvalue weighted by Gasteiger charge is 2.08. The van der Waals surface area contributed by atoms with Crippen molar-refractivity contribution in [1.29, 1.82) is 0 Å². The Morgan fingerprint density at radius 1 is 1.42 bits per heavy atom. The molecule has 1 aromatic heterocycles. The van der Waals surface area contributed by atoms with Gasteiger partial charge < -0.3 is 5.32 Å². The van der Waals surface area contributed by atoms with E-state index in [1.807, 2.05) is 29.1 Å². The van der Waals surface area contributed by atoms with Gasteiger partial charge >= 0.3 is 0 Å². The molecular formula is C15H18ClN3. The lowest BCUT2D eigenvalue weighted by Crippen LogP contribution is -2.32. The number of rotatable bonds is 3. The highest BCUT2D eigenvalue weighted by atomic mass is 35.5. The number of piperidine rings is 1. The fraction of sp³-hybridized carbons (Fsp3) is 0.400. The van der Waals surface area contributed by atoms with E-state index >= 15 is 0 Å². The molecule has 1 aliphatic heterocycles. The van der Waals surface area contributed by atoms with Gasteiger partial charge in [0.2, 0.25) is 0 Å². The molecule has 0 spiro atoms. The molecule has 100 valence electrons. The minimum Gasteiger partial charge on any atom is -0.311 e. The van der Waals surface area contributed by atoms with Crippen LogP contribution in [0.5, 0.6) is 0 Å². The van der Waals surface area contributed by atoms with Crippen molar-refractivity contribution in [2.45, 2.75) is 31.8 Å². The van der Waals surface area contributed by atoms with Crippen LogP contribution >= 0.6 is 11.6 Å². The molecule has 1 aliphatic rings. The molecule has 1 N–H and O–H groups in total. The van der Waals surface area contributed by atoms with Crippen molar-refractivity contribution >= 4 is 22.5 Å². The number of hydrogen-bond donors (Lipinski definition) is 1. The molecule has 2 aromatic rings. The van der Waals surface area contributed by atoms with E-state index in [-0.39, 0.29) is 0 Å². The zero-order valence-corrected chi connectivity index (χ0v) is 11.6. The molecule has 0 aliphatic carbocycles. The van der Waals surface area contributed by atoms with Crippen LogP contribution in [-0.2, 0) is 6.54 Å². The van der Waals surface area contributed by atoms with Crippen LogP contribution in [0.1, 0.15) is 19.3 Å². The van der Waals surface area contributed by atoms with Gasteiger partial charge in [-0.1, -0.05) is 30.2 Å². The lowest BCUT2D eigenvalue weighted by atomic mass is 10.0. The summed E-state index contributed by atoms with van der Waals surface area (Å²) < 4.78 is 1.99. The van der Waals surface area contributed by atoms with Gasteiger partial charge in [-0.15, -0.1) is 0 Å². The van der Waals surface area contributed by atoms with Gasteiger partial charge in [0.15, 0.2) is 0 Å². The summed E-state index contributed by atoms with van der Waals surface area (Å²) in [5.41, 5.74) is 1.09. The molecule has 4 heteroatoms. The second-order valence-electron chi connectivity index (χ2n) is 5.01. The number of aromatic nitrogens is 2. The van der Waals surface area contributed by atoms with Crippen LogP contribution in [0.2, 0.25) is 5.02 Å². The number of nitrogens with one attached hydrogen (secondary N) is 1. The maximum Gasteiger partial charge on any atom is 0.0700 e. The normalized spacial score (nSPS) is 20.4. The first-order valence-electron chi connectivity index (χ1n) is 6.84. The lowest BCUT2D eigenvalue weighted by Gasteiger charge is -2.20.